The number of carbonyl (C=O) groups excluding carboxylic acids is 3. The second kappa shape index (κ2) is 11.6. The van der Waals surface area contributed by atoms with Gasteiger partial charge in [0.05, 0.1) is 6.21 Å². The zero-order valence-electron chi connectivity index (χ0n) is 18.6. The summed E-state index contributed by atoms with van der Waals surface area (Å²) in [5.41, 5.74) is 5.81. The molecule has 0 bridgehead atoms. The van der Waals surface area contributed by atoms with Gasteiger partial charge in [0.2, 0.25) is 0 Å². The van der Waals surface area contributed by atoms with Gasteiger partial charge < -0.3 is 15.4 Å². The Morgan fingerprint density at radius 1 is 0.941 bits per heavy atom. The summed E-state index contributed by atoms with van der Waals surface area (Å²) in [7, 11) is 0. The van der Waals surface area contributed by atoms with Gasteiger partial charge >= 0.3 is 11.8 Å². The number of nitrogens with zero attached hydrogens (tertiary/aromatic N) is 1. The van der Waals surface area contributed by atoms with Crippen LogP contribution in [0.1, 0.15) is 16.7 Å². The molecule has 3 aromatic rings. The Bertz CT molecular complexity index is 1230. The lowest BCUT2D eigenvalue weighted by Crippen LogP contribution is -2.32. The first-order chi connectivity index (χ1) is 16.3. The maximum Gasteiger partial charge on any atom is 0.329 e. The van der Waals surface area contributed by atoms with E-state index in [2.05, 4.69) is 21.2 Å². The van der Waals surface area contributed by atoms with Gasteiger partial charge in [-0.15, -0.1) is 0 Å². The van der Waals surface area contributed by atoms with Crippen LogP contribution in [0.2, 0.25) is 5.02 Å². The summed E-state index contributed by atoms with van der Waals surface area (Å²) in [4.78, 5) is 36.1. The van der Waals surface area contributed by atoms with Crippen LogP contribution in [0.5, 0.6) is 5.75 Å². The molecule has 3 N–H and O–H groups in total. The highest BCUT2D eigenvalue weighted by Crippen LogP contribution is 2.20. The SMILES string of the molecule is Cc1ccc(NC(=O)C(=O)N/N=C\c2cccc(OCC(=O)Nc3cc(Cl)ccc3C)c2)cc1. The van der Waals surface area contributed by atoms with Crippen LogP contribution < -0.4 is 20.8 Å². The Hall–Kier alpha value is -4.17. The quantitative estimate of drug-likeness (QED) is 0.270. The number of benzene rings is 3. The monoisotopic (exact) mass is 478 g/mol. The normalized spacial score (nSPS) is 10.6. The van der Waals surface area contributed by atoms with E-state index in [0.717, 1.165) is 11.1 Å². The number of rotatable bonds is 7. The first-order valence-corrected chi connectivity index (χ1v) is 10.7. The third kappa shape index (κ3) is 7.46. The largest absolute Gasteiger partial charge is 0.484 e. The molecule has 34 heavy (non-hydrogen) atoms. The van der Waals surface area contributed by atoms with E-state index in [1.54, 1.807) is 48.5 Å². The number of hydrogen-bond acceptors (Lipinski definition) is 5. The molecule has 3 amide bonds. The average molecular weight is 479 g/mol. The molecule has 3 aromatic carbocycles. The van der Waals surface area contributed by atoms with E-state index in [1.807, 2.05) is 32.0 Å². The fraction of sp³-hybridized carbons (Fsp3) is 0.120. The third-order valence-electron chi connectivity index (χ3n) is 4.60. The molecule has 0 saturated carbocycles. The van der Waals surface area contributed by atoms with Crippen LogP contribution in [-0.4, -0.2) is 30.5 Å². The number of hydrogen-bond donors (Lipinski definition) is 3. The molecule has 8 nitrogen and oxygen atoms in total. The van der Waals surface area contributed by atoms with E-state index in [4.69, 9.17) is 16.3 Å². The molecule has 174 valence electrons. The molecule has 0 spiro atoms. The van der Waals surface area contributed by atoms with E-state index < -0.39 is 11.8 Å². The third-order valence-corrected chi connectivity index (χ3v) is 4.83. The number of anilines is 2. The minimum atomic E-state index is -0.905. The molecule has 0 aromatic heterocycles. The van der Waals surface area contributed by atoms with Gasteiger partial charge in [0.15, 0.2) is 6.61 Å². The fourth-order valence-electron chi connectivity index (χ4n) is 2.79. The second-order valence-corrected chi connectivity index (χ2v) is 7.82. The molecule has 0 atom stereocenters. The van der Waals surface area contributed by atoms with Gasteiger partial charge in [-0.3, -0.25) is 14.4 Å². The first kappa shape index (κ1) is 24.5. The molecule has 0 aliphatic carbocycles. The standard InChI is InChI=1S/C25H23ClN4O4/c1-16-6-10-20(11-7-16)28-24(32)25(33)30-27-14-18-4-3-5-21(12-18)34-15-23(31)29-22-13-19(26)9-8-17(22)2/h3-14H,15H2,1-2H3,(H,28,32)(H,29,31)(H,30,33)/b27-14-. The lowest BCUT2D eigenvalue weighted by molar-refractivity contribution is -0.136. The Balaban J connectivity index is 1.49. The molecular formula is C25H23ClN4O4. The predicted octanol–water partition coefficient (Wildman–Crippen LogP) is 4.06. The van der Waals surface area contributed by atoms with Crippen molar-refractivity contribution in [1.29, 1.82) is 0 Å². The molecule has 0 radical (unpaired) electrons. The number of carbonyl (C=O) groups is 3. The molecule has 0 fully saturated rings. The lowest BCUT2D eigenvalue weighted by Gasteiger charge is -2.10. The van der Waals surface area contributed by atoms with E-state index in [-0.39, 0.29) is 12.5 Å². The van der Waals surface area contributed by atoms with Crippen LogP contribution in [0.3, 0.4) is 0 Å². The van der Waals surface area contributed by atoms with Crippen molar-refractivity contribution >= 4 is 46.9 Å². The van der Waals surface area contributed by atoms with Crippen LogP contribution in [0.25, 0.3) is 0 Å². The van der Waals surface area contributed by atoms with Gasteiger partial charge in [-0.05, 0) is 61.4 Å². The van der Waals surface area contributed by atoms with Gasteiger partial charge in [0, 0.05) is 16.4 Å². The zero-order valence-corrected chi connectivity index (χ0v) is 19.3. The average Bonchev–Trinajstić information content (AvgIpc) is 2.82. The van der Waals surface area contributed by atoms with Crippen molar-refractivity contribution in [1.82, 2.24) is 5.43 Å². The van der Waals surface area contributed by atoms with E-state index in [9.17, 15) is 14.4 Å². The highest BCUT2D eigenvalue weighted by atomic mass is 35.5. The summed E-state index contributed by atoms with van der Waals surface area (Å²) in [6.07, 6.45) is 1.36. The molecule has 0 heterocycles. The maximum absolute atomic E-state index is 12.2. The van der Waals surface area contributed by atoms with Crippen LogP contribution in [0.15, 0.2) is 71.8 Å². The van der Waals surface area contributed by atoms with E-state index >= 15 is 0 Å². The Labute approximate surface area is 202 Å². The van der Waals surface area contributed by atoms with Gasteiger partial charge in [0.25, 0.3) is 5.91 Å². The summed E-state index contributed by atoms with van der Waals surface area (Å²) >= 11 is 5.97. The summed E-state index contributed by atoms with van der Waals surface area (Å²) in [5, 5.41) is 9.56. The van der Waals surface area contributed by atoms with Crippen LogP contribution in [0, 0.1) is 13.8 Å². The molecular weight excluding hydrogens is 456 g/mol. The molecule has 0 unspecified atom stereocenters. The molecule has 3 rings (SSSR count). The molecule has 9 heteroatoms. The fourth-order valence-corrected chi connectivity index (χ4v) is 2.96. The van der Waals surface area contributed by atoms with Gasteiger partial charge in [0.1, 0.15) is 5.75 Å². The summed E-state index contributed by atoms with van der Waals surface area (Å²) in [5.74, 6) is -1.64. The van der Waals surface area contributed by atoms with Crippen molar-refractivity contribution in [2.75, 3.05) is 17.2 Å². The highest BCUT2D eigenvalue weighted by molar-refractivity contribution is 6.39. The van der Waals surface area contributed by atoms with Crippen molar-refractivity contribution in [3.05, 3.63) is 88.4 Å². The number of aryl methyl sites for hydroxylation is 2. The van der Waals surface area contributed by atoms with Crippen molar-refractivity contribution in [3.8, 4) is 5.75 Å². The predicted molar refractivity (Wildman–Crippen MR) is 132 cm³/mol. The van der Waals surface area contributed by atoms with Crippen molar-refractivity contribution in [3.63, 3.8) is 0 Å². The highest BCUT2D eigenvalue weighted by Gasteiger charge is 2.12. The van der Waals surface area contributed by atoms with Crippen LogP contribution in [0.4, 0.5) is 11.4 Å². The smallest absolute Gasteiger partial charge is 0.329 e. The molecule has 0 aliphatic rings. The van der Waals surface area contributed by atoms with Gasteiger partial charge in [-0.1, -0.05) is 47.5 Å². The van der Waals surface area contributed by atoms with Crippen molar-refractivity contribution in [2.45, 2.75) is 13.8 Å². The second-order valence-electron chi connectivity index (χ2n) is 7.39. The molecule has 0 saturated heterocycles. The number of ether oxygens (including phenoxy) is 1. The Morgan fingerprint density at radius 2 is 1.71 bits per heavy atom. The van der Waals surface area contributed by atoms with Crippen molar-refractivity contribution < 1.29 is 19.1 Å². The lowest BCUT2D eigenvalue weighted by atomic mass is 10.2. The topological polar surface area (TPSA) is 109 Å². The Morgan fingerprint density at radius 3 is 2.47 bits per heavy atom. The van der Waals surface area contributed by atoms with Gasteiger partial charge in [-0.25, -0.2) is 5.43 Å². The van der Waals surface area contributed by atoms with E-state index in [1.165, 1.54) is 6.21 Å². The molecule has 0 aliphatic heterocycles. The van der Waals surface area contributed by atoms with Crippen LogP contribution in [-0.2, 0) is 14.4 Å². The maximum atomic E-state index is 12.2. The number of hydrazone groups is 1. The minimum Gasteiger partial charge on any atom is -0.484 e. The minimum absolute atomic E-state index is 0.206. The zero-order chi connectivity index (χ0) is 24.5. The Kier molecular flexibility index (Phi) is 8.37. The van der Waals surface area contributed by atoms with Crippen molar-refractivity contribution in [2.24, 2.45) is 5.10 Å². The van der Waals surface area contributed by atoms with Gasteiger partial charge in [-0.2, -0.15) is 5.10 Å². The number of halogens is 1. The number of nitrogens with one attached hydrogen (secondary N) is 3. The number of amides is 3. The van der Waals surface area contributed by atoms with Crippen LogP contribution >= 0.6 is 11.6 Å². The van der Waals surface area contributed by atoms with E-state index in [0.29, 0.717) is 27.7 Å². The first-order valence-electron chi connectivity index (χ1n) is 10.3. The summed E-state index contributed by atoms with van der Waals surface area (Å²) < 4.78 is 5.53. The summed E-state index contributed by atoms with van der Waals surface area (Å²) in [6, 6.07) is 19.0. The summed E-state index contributed by atoms with van der Waals surface area (Å²) in [6.45, 7) is 3.58.